The lowest BCUT2D eigenvalue weighted by molar-refractivity contribution is -0.138. The third kappa shape index (κ3) is 5.26. The van der Waals surface area contributed by atoms with Gasteiger partial charge in [0.05, 0.1) is 5.92 Å². The Labute approximate surface area is 173 Å². The topological polar surface area (TPSA) is 46.5 Å². The lowest BCUT2D eigenvalue weighted by Gasteiger charge is -2.23. The summed E-state index contributed by atoms with van der Waals surface area (Å²) in [5, 5.41) is 9.61. The second-order valence-corrected chi connectivity index (χ2v) is 8.01. The first kappa shape index (κ1) is 20.7. The van der Waals surface area contributed by atoms with Crippen molar-refractivity contribution in [3.8, 4) is 11.5 Å². The van der Waals surface area contributed by atoms with Gasteiger partial charge in [0.2, 0.25) is 0 Å². The van der Waals surface area contributed by atoms with Gasteiger partial charge in [0, 0.05) is 0 Å². The highest BCUT2D eigenvalue weighted by molar-refractivity contribution is 5.76. The maximum absolute atomic E-state index is 11.7. The first-order valence-corrected chi connectivity index (χ1v) is 10.0. The molecule has 0 radical (unpaired) electrons. The van der Waals surface area contributed by atoms with Crippen molar-refractivity contribution in [2.45, 2.75) is 44.9 Å². The standard InChI is InChI=1S/C26H28O3/c1-4-26(2,3)21-12-16-23(17-13-21)29-22-14-10-19(11-15-22)18-24(25(27)28)20-8-6-5-7-9-20/h5-17,24H,4,18H2,1-3H3,(H,27,28). The van der Waals surface area contributed by atoms with Crippen LogP contribution in [0.1, 0.15) is 49.8 Å². The lowest BCUT2D eigenvalue weighted by atomic mass is 9.82. The largest absolute Gasteiger partial charge is 0.481 e. The van der Waals surface area contributed by atoms with Gasteiger partial charge >= 0.3 is 5.97 Å². The molecule has 3 rings (SSSR count). The molecule has 3 heteroatoms. The molecule has 1 atom stereocenters. The minimum Gasteiger partial charge on any atom is -0.481 e. The summed E-state index contributed by atoms with van der Waals surface area (Å²) in [6.45, 7) is 6.67. The molecule has 0 aliphatic heterocycles. The van der Waals surface area contributed by atoms with Gasteiger partial charge in [-0.2, -0.15) is 0 Å². The number of carboxylic acid groups (broad SMARTS) is 1. The van der Waals surface area contributed by atoms with Crippen molar-refractivity contribution in [3.05, 3.63) is 95.6 Å². The molecule has 29 heavy (non-hydrogen) atoms. The first-order valence-electron chi connectivity index (χ1n) is 10.0. The van der Waals surface area contributed by atoms with E-state index in [4.69, 9.17) is 4.74 Å². The number of ether oxygens (including phenoxy) is 1. The van der Waals surface area contributed by atoms with Crippen LogP contribution in [0.4, 0.5) is 0 Å². The minimum absolute atomic E-state index is 0.152. The Kier molecular flexibility index (Phi) is 6.38. The molecule has 0 fully saturated rings. The second kappa shape index (κ2) is 8.95. The van der Waals surface area contributed by atoms with Crippen LogP contribution in [0.15, 0.2) is 78.9 Å². The van der Waals surface area contributed by atoms with Gasteiger partial charge in [-0.25, -0.2) is 0 Å². The van der Waals surface area contributed by atoms with Crippen LogP contribution < -0.4 is 4.74 Å². The van der Waals surface area contributed by atoms with E-state index in [1.807, 2.05) is 66.7 Å². The fourth-order valence-electron chi connectivity index (χ4n) is 3.28. The van der Waals surface area contributed by atoms with Crippen molar-refractivity contribution in [1.82, 2.24) is 0 Å². The van der Waals surface area contributed by atoms with Crippen molar-refractivity contribution < 1.29 is 14.6 Å². The molecular formula is C26H28O3. The maximum Gasteiger partial charge on any atom is 0.311 e. The zero-order chi connectivity index (χ0) is 20.9. The van der Waals surface area contributed by atoms with Gasteiger partial charge in [-0.05, 0) is 59.2 Å². The molecule has 3 aromatic rings. The summed E-state index contributed by atoms with van der Waals surface area (Å²) in [6, 6.07) is 25.2. The highest BCUT2D eigenvalue weighted by Crippen LogP contribution is 2.30. The first-order chi connectivity index (χ1) is 13.9. The Morgan fingerprint density at radius 1 is 0.897 bits per heavy atom. The third-order valence-electron chi connectivity index (χ3n) is 5.62. The summed E-state index contributed by atoms with van der Waals surface area (Å²) >= 11 is 0. The molecule has 1 unspecified atom stereocenters. The van der Waals surface area contributed by atoms with Crippen LogP contribution in [0.5, 0.6) is 11.5 Å². The summed E-state index contributed by atoms with van der Waals surface area (Å²) in [5.74, 6) is 0.160. The fraction of sp³-hybridized carbons (Fsp3) is 0.269. The Morgan fingerprint density at radius 2 is 1.45 bits per heavy atom. The fourth-order valence-corrected chi connectivity index (χ4v) is 3.28. The quantitative estimate of drug-likeness (QED) is 0.474. The number of hydrogen-bond acceptors (Lipinski definition) is 2. The van der Waals surface area contributed by atoms with Crippen LogP contribution in [0.2, 0.25) is 0 Å². The molecule has 0 spiro atoms. The van der Waals surface area contributed by atoms with E-state index in [-0.39, 0.29) is 5.41 Å². The average Bonchev–Trinajstić information content (AvgIpc) is 2.74. The number of hydrogen-bond donors (Lipinski definition) is 1. The molecule has 1 N–H and O–H groups in total. The molecule has 150 valence electrons. The van der Waals surface area contributed by atoms with Crippen molar-refractivity contribution >= 4 is 5.97 Å². The van der Waals surface area contributed by atoms with Gasteiger partial charge in [-0.3, -0.25) is 4.79 Å². The predicted molar refractivity (Wildman–Crippen MR) is 117 cm³/mol. The molecule has 0 aliphatic rings. The van der Waals surface area contributed by atoms with Gasteiger partial charge in [-0.1, -0.05) is 75.4 Å². The Balaban J connectivity index is 1.68. The molecule has 0 aromatic heterocycles. The number of carbonyl (C=O) groups is 1. The van der Waals surface area contributed by atoms with Crippen LogP contribution in [0.25, 0.3) is 0 Å². The zero-order valence-corrected chi connectivity index (χ0v) is 17.3. The molecule has 3 nitrogen and oxygen atoms in total. The Morgan fingerprint density at radius 3 is 1.97 bits per heavy atom. The Bertz CT molecular complexity index is 926. The molecule has 0 amide bonds. The van der Waals surface area contributed by atoms with Gasteiger partial charge in [0.25, 0.3) is 0 Å². The van der Waals surface area contributed by atoms with Crippen LogP contribution in [0.3, 0.4) is 0 Å². The van der Waals surface area contributed by atoms with Gasteiger partial charge < -0.3 is 9.84 Å². The van der Waals surface area contributed by atoms with Crippen molar-refractivity contribution in [2.75, 3.05) is 0 Å². The summed E-state index contributed by atoms with van der Waals surface area (Å²) in [6.07, 6.45) is 1.52. The maximum atomic E-state index is 11.7. The lowest BCUT2D eigenvalue weighted by Crippen LogP contribution is -2.14. The van der Waals surface area contributed by atoms with E-state index in [1.165, 1.54) is 5.56 Å². The smallest absolute Gasteiger partial charge is 0.311 e. The minimum atomic E-state index is -0.813. The average molecular weight is 389 g/mol. The number of rotatable bonds is 8. The molecule has 0 aliphatic carbocycles. The summed E-state index contributed by atoms with van der Waals surface area (Å²) < 4.78 is 5.96. The highest BCUT2D eigenvalue weighted by Gasteiger charge is 2.20. The van der Waals surface area contributed by atoms with Gasteiger partial charge in [0.1, 0.15) is 11.5 Å². The summed E-state index contributed by atoms with van der Waals surface area (Å²) in [4.78, 5) is 11.7. The number of aliphatic carboxylic acids is 1. The SMILES string of the molecule is CCC(C)(C)c1ccc(Oc2ccc(CC(C(=O)O)c3ccccc3)cc2)cc1. The molecule has 0 saturated carbocycles. The predicted octanol–water partition coefficient (Wildman–Crippen LogP) is 6.58. The number of benzene rings is 3. The molecule has 0 bridgehead atoms. The van der Waals surface area contributed by atoms with Crippen LogP contribution in [-0.4, -0.2) is 11.1 Å². The van der Waals surface area contributed by atoms with E-state index >= 15 is 0 Å². The molecular weight excluding hydrogens is 360 g/mol. The van der Waals surface area contributed by atoms with E-state index < -0.39 is 11.9 Å². The van der Waals surface area contributed by atoms with Gasteiger partial charge in [-0.15, -0.1) is 0 Å². The third-order valence-corrected chi connectivity index (χ3v) is 5.62. The van der Waals surface area contributed by atoms with E-state index in [0.29, 0.717) is 6.42 Å². The molecule has 0 saturated heterocycles. The van der Waals surface area contributed by atoms with Crippen molar-refractivity contribution in [3.63, 3.8) is 0 Å². The molecule has 3 aromatic carbocycles. The second-order valence-electron chi connectivity index (χ2n) is 8.01. The van der Waals surface area contributed by atoms with E-state index in [1.54, 1.807) is 0 Å². The summed E-state index contributed by atoms with van der Waals surface area (Å²) in [5.41, 5.74) is 3.23. The summed E-state index contributed by atoms with van der Waals surface area (Å²) in [7, 11) is 0. The van der Waals surface area contributed by atoms with Crippen LogP contribution in [-0.2, 0) is 16.6 Å². The zero-order valence-electron chi connectivity index (χ0n) is 17.3. The van der Waals surface area contributed by atoms with E-state index in [2.05, 4.69) is 32.9 Å². The Hall–Kier alpha value is -3.07. The molecule has 0 heterocycles. The van der Waals surface area contributed by atoms with Gasteiger partial charge in [0.15, 0.2) is 0 Å². The van der Waals surface area contributed by atoms with Crippen molar-refractivity contribution in [2.24, 2.45) is 0 Å². The van der Waals surface area contributed by atoms with Crippen LogP contribution in [0, 0.1) is 0 Å². The van der Waals surface area contributed by atoms with E-state index in [0.717, 1.165) is 29.0 Å². The van der Waals surface area contributed by atoms with Crippen molar-refractivity contribution in [1.29, 1.82) is 0 Å². The normalized spacial score (nSPS) is 12.4. The van der Waals surface area contributed by atoms with E-state index in [9.17, 15) is 9.90 Å². The highest BCUT2D eigenvalue weighted by atomic mass is 16.5. The number of carboxylic acids is 1. The monoisotopic (exact) mass is 388 g/mol. The van der Waals surface area contributed by atoms with Crippen LogP contribution >= 0.6 is 0 Å².